The minimum atomic E-state index is -3.34. The molecule has 1 aliphatic carbocycles. The predicted octanol–water partition coefficient (Wildman–Crippen LogP) is -1.82. The van der Waals surface area contributed by atoms with Crippen molar-refractivity contribution in [3.63, 3.8) is 0 Å². The van der Waals surface area contributed by atoms with Gasteiger partial charge in [-0.05, 0) is 19.9 Å². The van der Waals surface area contributed by atoms with Gasteiger partial charge in [0.1, 0.15) is 5.41 Å². The molecule has 1 rings (SSSR count). The van der Waals surface area contributed by atoms with Gasteiger partial charge in [0, 0.05) is 6.54 Å². The summed E-state index contributed by atoms with van der Waals surface area (Å²) in [4.78, 5) is 11.7. The van der Waals surface area contributed by atoms with Gasteiger partial charge in [0.05, 0.1) is 5.75 Å². The number of rotatable bonds is 6. The molecule has 98 valence electrons. The summed E-state index contributed by atoms with van der Waals surface area (Å²) in [5, 5.41) is 13.8. The Bertz CT molecular complexity index is 427. The van der Waals surface area contributed by atoms with Crippen LogP contribution in [0.25, 0.3) is 0 Å². The van der Waals surface area contributed by atoms with Crippen molar-refractivity contribution in [2.24, 2.45) is 16.3 Å². The lowest BCUT2D eigenvalue weighted by atomic mass is 10.1. The van der Waals surface area contributed by atoms with E-state index >= 15 is 0 Å². The second-order valence-corrected chi connectivity index (χ2v) is 5.89. The molecule has 0 radical (unpaired) electrons. The summed E-state index contributed by atoms with van der Waals surface area (Å²) in [5.74, 6) is -0.743. The van der Waals surface area contributed by atoms with Gasteiger partial charge in [-0.25, -0.2) is 13.1 Å². The van der Waals surface area contributed by atoms with Gasteiger partial charge in [0.25, 0.3) is 0 Å². The Hall–Kier alpha value is -1.35. The van der Waals surface area contributed by atoms with Gasteiger partial charge in [0.2, 0.25) is 15.9 Å². The van der Waals surface area contributed by atoms with Crippen LogP contribution in [0.2, 0.25) is 0 Å². The summed E-state index contributed by atoms with van der Waals surface area (Å²) in [6.45, 7) is -0.0114. The average molecular weight is 264 g/mol. The van der Waals surface area contributed by atoms with Gasteiger partial charge in [0.15, 0.2) is 5.84 Å². The van der Waals surface area contributed by atoms with Gasteiger partial charge in [-0.1, -0.05) is 5.16 Å². The van der Waals surface area contributed by atoms with E-state index in [1.807, 2.05) is 0 Å². The van der Waals surface area contributed by atoms with Gasteiger partial charge in [-0.2, -0.15) is 0 Å². The molecule has 1 saturated carbocycles. The molecule has 17 heavy (non-hydrogen) atoms. The number of nitrogens with zero attached hydrogens (tertiary/aromatic N) is 1. The zero-order chi connectivity index (χ0) is 13.1. The van der Waals surface area contributed by atoms with Crippen LogP contribution in [0.4, 0.5) is 0 Å². The van der Waals surface area contributed by atoms with Crippen molar-refractivity contribution in [1.82, 2.24) is 10.0 Å². The largest absolute Gasteiger partial charge is 0.409 e. The first-order valence-corrected chi connectivity index (χ1v) is 6.71. The summed E-state index contributed by atoms with van der Waals surface area (Å²) in [5.41, 5.74) is 4.46. The second-order valence-electron chi connectivity index (χ2n) is 3.85. The topological polar surface area (TPSA) is 134 Å². The Balaban J connectivity index is 2.47. The molecule has 5 N–H and O–H groups in total. The highest BCUT2D eigenvalue weighted by Crippen LogP contribution is 2.45. The number of sulfonamides is 1. The number of carbonyl (C=O) groups is 1. The Labute approximate surface area is 99.3 Å². The van der Waals surface area contributed by atoms with Crippen LogP contribution in [0.15, 0.2) is 5.16 Å². The minimum Gasteiger partial charge on any atom is -0.409 e. The first-order valence-electron chi connectivity index (χ1n) is 5.05. The van der Waals surface area contributed by atoms with Crippen molar-refractivity contribution < 1.29 is 18.4 Å². The zero-order valence-corrected chi connectivity index (χ0v) is 10.2. The maximum Gasteiger partial charge on any atom is 0.233 e. The zero-order valence-electron chi connectivity index (χ0n) is 9.43. The average Bonchev–Trinajstić information content (AvgIpc) is 3.09. The number of nitrogens with one attached hydrogen (secondary N) is 2. The molecule has 0 saturated heterocycles. The Morgan fingerprint density at radius 1 is 1.53 bits per heavy atom. The first kappa shape index (κ1) is 13.7. The monoisotopic (exact) mass is 264 g/mol. The highest BCUT2D eigenvalue weighted by molar-refractivity contribution is 7.89. The molecule has 0 aromatic carbocycles. The molecule has 9 heteroatoms. The van der Waals surface area contributed by atoms with Crippen LogP contribution < -0.4 is 15.8 Å². The van der Waals surface area contributed by atoms with Crippen molar-refractivity contribution in [2.45, 2.75) is 12.8 Å². The molecular formula is C8H16N4O4S. The summed E-state index contributed by atoms with van der Waals surface area (Å²) in [6, 6.07) is 0. The van der Waals surface area contributed by atoms with Crippen LogP contribution in [0.1, 0.15) is 12.8 Å². The van der Waals surface area contributed by atoms with E-state index in [1.165, 1.54) is 7.05 Å². The van der Waals surface area contributed by atoms with E-state index in [-0.39, 0.29) is 18.1 Å². The van der Waals surface area contributed by atoms with Crippen LogP contribution in [0.3, 0.4) is 0 Å². The van der Waals surface area contributed by atoms with Crippen molar-refractivity contribution in [3.05, 3.63) is 0 Å². The number of carbonyl (C=O) groups excluding carboxylic acids is 1. The number of amidine groups is 1. The summed E-state index contributed by atoms with van der Waals surface area (Å²) in [7, 11) is -2.04. The molecule has 8 nitrogen and oxygen atoms in total. The lowest BCUT2D eigenvalue weighted by molar-refractivity contribution is -0.124. The highest BCUT2D eigenvalue weighted by atomic mass is 32.2. The number of hydrogen-bond donors (Lipinski definition) is 4. The molecule has 0 aliphatic heterocycles. The lowest BCUT2D eigenvalue weighted by Gasteiger charge is -2.13. The van der Waals surface area contributed by atoms with Gasteiger partial charge in [-0.3, -0.25) is 4.79 Å². The quantitative estimate of drug-likeness (QED) is 0.194. The molecule has 1 fully saturated rings. The third-order valence-electron chi connectivity index (χ3n) is 2.75. The van der Waals surface area contributed by atoms with E-state index in [4.69, 9.17) is 10.9 Å². The maximum atomic E-state index is 11.7. The Kier molecular flexibility index (Phi) is 3.94. The summed E-state index contributed by atoms with van der Waals surface area (Å²) in [6.07, 6.45) is 1.01. The van der Waals surface area contributed by atoms with Crippen LogP contribution in [-0.4, -0.2) is 44.7 Å². The Morgan fingerprint density at radius 2 is 2.12 bits per heavy atom. The molecule has 0 bridgehead atoms. The fourth-order valence-electron chi connectivity index (χ4n) is 1.39. The molecule has 0 aromatic heterocycles. The fraction of sp³-hybridized carbons (Fsp3) is 0.750. The minimum absolute atomic E-state index is 0.0114. The van der Waals surface area contributed by atoms with Crippen LogP contribution in [0, 0.1) is 5.41 Å². The Morgan fingerprint density at radius 3 is 2.53 bits per heavy atom. The predicted molar refractivity (Wildman–Crippen MR) is 60.9 cm³/mol. The van der Waals surface area contributed by atoms with Gasteiger partial charge in [-0.15, -0.1) is 0 Å². The summed E-state index contributed by atoms with van der Waals surface area (Å²) >= 11 is 0. The molecule has 0 atom stereocenters. The smallest absolute Gasteiger partial charge is 0.233 e. The SMILES string of the molecule is CNS(=O)(=O)CCNC(=O)C1(C(N)=NO)CC1. The second kappa shape index (κ2) is 4.88. The number of nitrogens with two attached hydrogens (primary N) is 1. The highest BCUT2D eigenvalue weighted by Gasteiger charge is 2.54. The van der Waals surface area contributed by atoms with E-state index in [1.54, 1.807) is 0 Å². The van der Waals surface area contributed by atoms with Crippen LogP contribution in [0.5, 0.6) is 0 Å². The van der Waals surface area contributed by atoms with Gasteiger partial charge < -0.3 is 16.3 Å². The molecule has 0 heterocycles. The van der Waals surface area contributed by atoms with Crippen molar-refractivity contribution in [1.29, 1.82) is 0 Å². The standard InChI is InChI=1S/C8H16N4O4S/c1-10-17(15,16)5-4-11-7(13)8(2-3-8)6(9)12-14/h10,14H,2-5H2,1H3,(H2,9,12)(H,11,13). The van der Waals surface area contributed by atoms with E-state index in [0.29, 0.717) is 12.8 Å². The third-order valence-corrected chi connectivity index (χ3v) is 4.11. The first-order chi connectivity index (χ1) is 7.88. The molecule has 0 spiro atoms. The van der Waals surface area contributed by atoms with E-state index < -0.39 is 21.3 Å². The molecule has 0 aromatic rings. The van der Waals surface area contributed by atoms with Crippen molar-refractivity contribution >= 4 is 21.8 Å². The van der Waals surface area contributed by atoms with Crippen molar-refractivity contribution in [3.8, 4) is 0 Å². The molecular weight excluding hydrogens is 248 g/mol. The molecule has 1 aliphatic rings. The van der Waals surface area contributed by atoms with Gasteiger partial charge >= 0.3 is 0 Å². The van der Waals surface area contributed by atoms with Crippen LogP contribution >= 0.6 is 0 Å². The van der Waals surface area contributed by atoms with Crippen molar-refractivity contribution in [2.75, 3.05) is 19.3 Å². The lowest BCUT2D eigenvalue weighted by Crippen LogP contribution is -2.42. The van der Waals surface area contributed by atoms with E-state index in [0.717, 1.165) is 0 Å². The summed E-state index contributed by atoms with van der Waals surface area (Å²) < 4.78 is 24.3. The normalized spacial score (nSPS) is 18.8. The number of hydrogen-bond acceptors (Lipinski definition) is 5. The van der Waals surface area contributed by atoms with Crippen LogP contribution in [-0.2, 0) is 14.8 Å². The van der Waals surface area contributed by atoms with E-state index in [9.17, 15) is 13.2 Å². The molecule has 1 amide bonds. The number of oxime groups is 1. The number of amides is 1. The maximum absolute atomic E-state index is 11.7. The van der Waals surface area contributed by atoms with E-state index in [2.05, 4.69) is 15.2 Å². The molecule has 0 unspecified atom stereocenters. The fourth-order valence-corrected chi connectivity index (χ4v) is 1.97. The third kappa shape index (κ3) is 3.07.